The summed E-state index contributed by atoms with van der Waals surface area (Å²) >= 11 is 0. The number of amides is 1. The van der Waals surface area contributed by atoms with Gasteiger partial charge in [-0.3, -0.25) is 4.79 Å². The lowest BCUT2D eigenvalue weighted by Crippen LogP contribution is -3.11. The van der Waals surface area contributed by atoms with Gasteiger partial charge in [0.1, 0.15) is 0 Å². The zero-order valence-corrected chi connectivity index (χ0v) is 13.5. The normalized spacial score (nSPS) is 16.0. The van der Waals surface area contributed by atoms with Gasteiger partial charge >= 0.3 is 0 Å². The predicted molar refractivity (Wildman–Crippen MR) is 86.3 cm³/mol. The number of furan rings is 1. The summed E-state index contributed by atoms with van der Waals surface area (Å²) in [5, 5.41) is 2.87. The van der Waals surface area contributed by atoms with Gasteiger partial charge in [0.25, 0.3) is 5.91 Å². The Kier molecular flexibility index (Phi) is 5.48. The molecule has 128 valence electrons. The smallest absolute Gasteiger partial charge is 0.258 e. The van der Waals surface area contributed by atoms with Crippen LogP contribution >= 0.6 is 0 Å². The molecule has 0 aliphatic carbocycles. The number of nitrogens with one attached hydrogen (secondary N) is 2. The van der Waals surface area contributed by atoms with Crippen LogP contribution in [-0.4, -0.2) is 32.1 Å². The second-order valence-electron chi connectivity index (χ2n) is 5.96. The van der Waals surface area contributed by atoms with Crippen molar-refractivity contribution in [3.63, 3.8) is 0 Å². The van der Waals surface area contributed by atoms with E-state index < -0.39 is 5.82 Å². The SMILES string of the molecule is O=C(COc1ccccc1F)NC[C@H](c1ccco1)[NH+]1CCCC1. The standard InChI is InChI=1S/C18H21FN2O3/c19-14-6-1-2-7-16(14)24-13-18(22)20-12-15(17-8-5-11-23-17)21-9-3-4-10-21/h1-2,5-8,11,15H,3-4,9-10,12-13H2,(H,20,22)/p+1/t15-/m1/s1. The minimum absolute atomic E-state index is 0.0837. The fourth-order valence-corrected chi connectivity index (χ4v) is 3.09. The lowest BCUT2D eigenvalue weighted by molar-refractivity contribution is -0.919. The number of hydrogen-bond acceptors (Lipinski definition) is 3. The van der Waals surface area contributed by atoms with Crippen molar-refractivity contribution in [2.75, 3.05) is 26.2 Å². The molecule has 1 aromatic carbocycles. The van der Waals surface area contributed by atoms with Gasteiger partial charge in [-0.2, -0.15) is 0 Å². The molecule has 2 heterocycles. The van der Waals surface area contributed by atoms with Crippen molar-refractivity contribution in [3.05, 3.63) is 54.2 Å². The third kappa shape index (κ3) is 4.14. The van der Waals surface area contributed by atoms with E-state index in [2.05, 4.69) is 5.32 Å². The van der Waals surface area contributed by atoms with E-state index in [1.165, 1.54) is 29.9 Å². The Morgan fingerprint density at radius 2 is 2.04 bits per heavy atom. The zero-order chi connectivity index (χ0) is 16.8. The molecule has 0 spiro atoms. The van der Waals surface area contributed by atoms with Gasteiger partial charge in [-0.1, -0.05) is 12.1 Å². The number of para-hydroxylation sites is 1. The number of halogens is 1. The average molecular weight is 333 g/mol. The lowest BCUT2D eigenvalue weighted by Gasteiger charge is -2.23. The first-order valence-corrected chi connectivity index (χ1v) is 8.26. The van der Waals surface area contributed by atoms with E-state index >= 15 is 0 Å². The first-order chi connectivity index (χ1) is 11.7. The highest BCUT2D eigenvalue weighted by atomic mass is 19.1. The van der Waals surface area contributed by atoms with Gasteiger partial charge in [-0.05, 0) is 24.3 Å². The highest BCUT2D eigenvalue weighted by molar-refractivity contribution is 5.77. The van der Waals surface area contributed by atoms with Gasteiger partial charge < -0.3 is 19.4 Å². The molecule has 6 heteroatoms. The number of likely N-dealkylation sites (tertiary alicyclic amines) is 1. The van der Waals surface area contributed by atoms with Gasteiger partial charge in [0, 0.05) is 12.8 Å². The molecule has 0 unspecified atom stereocenters. The third-order valence-electron chi connectivity index (χ3n) is 4.32. The molecule has 1 aliphatic rings. The molecule has 0 radical (unpaired) electrons. The predicted octanol–water partition coefficient (Wildman–Crippen LogP) is 1.33. The van der Waals surface area contributed by atoms with Crippen molar-refractivity contribution in [2.45, 2.75) is 18.9 Å². The van der Waals surface area contributed by atoms with Crippen LogP contribution < -0.4 is 15.0 Å². The summed E-state index contributed by atoms with van der Waals surface area (Å²) in [5.41, 5.74) is 0. The monoisotopic (exact) mass is 333 g/mol. The Balaban J connectivity index is 1.52. The number of quaternary nitrogens is 1. The second kappa shape index (κ2) is 7.97. The second-order valence-corrected chi connectivity index (χ2v) is 5.96. The summed E-state index contributed by atoms with van der Waals surface area (Å²) in [7, 11) is 0. The molecule has 0 bridgehead atoms. The van der Waals surface area contributed by atoms with E-state index in [9.17, 15) is 9.18 Å². The molecule has 1 saturated heterocycles. The average Bonchev–Trinajstić information content (AvgIpc) is 3.28. The lowest BCUT2D eigenvalue weighted by atomic mass is 10.2. The van der Waals surface area contributed by atoms with Crippen molar-refractivity contribution in [1.29, 1.82) is 0 Å². The van der Waals surface area contributed by atoms with Gasteiger partial charge in [-0.25, -0.2) is 4.39 Å². The van der Waals surface area contributed by atoms with E-state index in [0.717, 1.165) is 18.8 Å². The van der Waals surface area contributed by atoms with Crippen LogP contribution in [0.15, 0.2) is 47.1 Å². The van der Waals surface area contributed by atoms with Crippen LogP contribution in [0.4, 0.5) is 4.39 Å². The van der Waals surface area contributed by atoms with Gasteiger partial charge in [0.15, 0.2) is 30.0 Å². The number of ether oxygens (including phenoxy) is 1. The Hall–Kier alpha value is -2.34. The van der Waals surface area contributed by atoms with Gasteiger partial charge in [0.2, 0.25) is 0 Å². The number of carbonyl (C=O) groups excluding carboxylic acids is 1. The maximum Gasteiger partial charge on any atom is 0.258 e. The summed E-state index contributed by atoms with van der Waals surface area (Å²) < 4.78 is 24.2. The van der Waals surface area contributed by atoms with Crippen LogP contribution in [0.25, 0.3) is 0 Å². The minimum atomic E-state index is -0.472. The quantitative estimate of drug-likeness (QED) is 0.804. The van der Waals surface area contributed by atoms with Crippen LogP contribution in [0, 0.1) is 5.82 Å². The number of benzene rings is 1. The van der Waals surface area contributed by atoms with E-state index in [4.69, 9.17) is 9.15 Å². The van der Waals surface area contributed by atoms with Crippen molar-refractivity contribution < 1.29 is 23.2 Å². The molecule has 0 saturated carbocycles. The number of rotatable bonds is 7. The Bertz CT molecular complexity index is 654. The maximum atomic E-state index is 13.5. The van der Waals surface area contributed by atoms with Crippen molar-refractivity contribution in [3.8, 4) is 5.75 Å². The van der Waals surface area contributed by atoms with Crippen molar-refractivity contribution in [2.24, 2.45) is 0 Å². The van der Waals surface area contributed by atoms with Gasteiger partial charge in [-0.15, -0.1) is 0 Å². The van der Waals surface area contributed by atoms with Crippen LogP contribution in [0.3, 0.4) is 0 Å². The summed E-state index contributed by atoms with van der Waals surface area (Å²) in [5.74, 6) is 0.219. The number of hydrogen-bond donors (Lipinski definition) is 2. The molecule has 2 aromatic rings. The summed E-state index contributed by atoms with van der Waals surface area (Å²) in [4.78, 5) is 13.4. The summed E-state index contributed by atoms with van der Waals surface area (Å²) in [6.45, 7) is 2.42. The highest BCUT2D eigenvalue weighted by Crippen LogP contribution is 2.15. The van der Waals surface area contributed by atoms with Crippen LogP contribution in [-0.2, 0) is 4.79 Å². The van der Waals surface area contributed by atoms with Crippen LogP contribution in [0.5, 0.6) is 5.75 Å². The molecule has 24 heavy (non-hydrogen) atoms. The molecule has 1 amide bonds. The molecule has 1 fully saturated rings. The minimum Gasteiger partial charge on any atom is -0.481 e. The van der Waals surface area contributed by atoms with E-state index in [1.807, 2.05) is 12.1 Å². The highest BCUT2D eigenvalue weighted by Gasteiger charge is 2.29. The fraction of sp³-hybridized carbons (Fsp3) is 0.389. The summed E-state index contributed by atoms with van der Waals surface area (Å²) in [6.07, 6.45) is 4.04. The molecule has 1 aromatic heterocycles. The molecular formula is C18H22FN2O3+. The Morgan fingerprint density at radius 1 is 1.25 bits per heavy atom. The molecule has 3 rings (SSSR count). The first-order valence-electron chi connectivity index (χ1n) is 8.26. The Morgan fingerprint density at radius 3 is 2.75 bits per heavy atom. The molecule has 1 atom stereocenters. The van der Waals surface area contributed by atoms with E-state index in [-0.39, 0.29) is 24.3 Å². The molecule has 1 aliphatic heterocycles. The number of carbonyl (C=O) groups is 1. The molecule has 5 nitrogen and oxygen atoms in total. The van der Waals surface area contributed by atoms with Crippen molar-refractivity contribution >= 4 is 5.91 Å². The van der Waals surface area contributed by atoms with Crippen molar-refractivity contribution in [1.82, 2.24) is 5.32 Å². The summed E-state index contributed by atoms with van der Waals surface area (Å²) in [6, 6.07) is 9.95. The Labute approximate surface area is 140 Å². The molecular weight excluding hydrogens is 311 g/mol. The van der Waals surface area contributed by atoms with E-state index in [1.54, 1.807) is 18.4 Å². The van der Waals surface area contributed by atoms with E-state index in [0.29, 0.717) is 6.54 Å². The fourth-order valence-electron chi connectivity index (χ4n) is 3.09. The third-order valence-corrected chi connectivity index (χ3v) is 4.32. The first kappa shape index (κ1) is 16.5. The topological polar surface area (TPSA) is 55.9 Å². The molecule has 2 N–H and O–H groups in total. The van der Waals surface area contributed by atoms with Crippen LogP contribution in [0.2, 0.25) is 0 Å². The van der Waals surface area contributed by atoms with Gasteiger partial charge in [0.05, 0.1) is 25.9 Å². The maximum absolute atomic E-state index is 13.5. The zero-order valence-electron chi connectivity index (χ0n) is 13.5. The largest absolute Gasteiger partial charge is 0.481 e. The van der Waals surface area contributed by atoms with Crippen LogP contribution in [0.1, 0.15) is 24.6 Å².